The molecule has 0 spiro atoms. The van der Waals surface area contributed by atoms with Crippen molar-refractivity contribution in [3.63, 3.8) is 0 Å². The van der Waals surface area contributed by atoms with Crippen LogP contribution in [-0.4, -0.2) is 28.8 Å². The third kappa shape index (κ3) is 4.35. The van der Waals surface area contributed by atoms with Crippen molar-refractivity contribution in [3.05, 3.63) is 30.3 Å². The highest BCUT2D eigenvalue weighted by Gasteiger charge is 2.14. The molecule has 1 amide bonds. The molecule has 1 aromatic carbocycles. The van der Waals surface area contributed by atoms with E-state index >= 15 is 0 Å². The highest BCUT2D eigenvalue weighted by atomic mass is 32.2. The second kappa shape index (κ2) is 6.17. The first-order valence-corrected chi connectivity index (χ1v) is 5.69. The Labute approximate surface area is 98.0 Å². The molecular weight excluding hydrogens is 226 g/mol. The normalized spacial score (nSPS) is 11.8. The standard InChI is InChI=1S/C11H13NO3S/c1-8(11(15)12-7-10(13)14)16-9-5-3-2-4-6-9/h2-6,8H,7H2,1H3,(H,12,15)(H,13,14). The van der Waals surface area contributed by atoms with Crippen molar-refractivity contribution in [2.75, 3.05) is 6.54 Å². The smallest absolute Gasteiger partial charge is 0.322 e. The molecule has 0 radical (unpaired) electrons. The summed E-state index contributed by atoms with van der Waals surface area (Å²) >= 11 is 1.40. The first kappa shape index (κ1) is 12.6. The van der Waals surface area contributed by atoms with Crippen molar-refractivity contribution in [1.82, 2.24) is 5.32 Å². The second-order valence-corrected chi connectivity index (χ2v) is 4.60. The van der Waals surface area contributed by atoms with Crippen molar-refractivity contribution in [3.8, 4) is 0 Å². The molecular formula is C11H13NO3S. The van der Waals surface area contributed by atoms with Gasteiger partial charge in [-0.1, -0.05) is 18.2 Å². The van der Waals surface area contributed by atoms with Crippen LogP contribution in [0.1, 0.15) is 6.92 Å². The summed E-state index contributed by atoms with van der Waals surface area (Å²) in [6.07, 6.45) is 0. The van der Waals surface area contributed by atoms with E-state index in [0.29, 0.717) is 0 Å². The molecule has 2 N–H and O–H groups in total. The maximum absolute atomic E-state index is 11.5. The van der Waals surface area contributed by atoms with E-state index in [-0.39, 0.29) is 17.7 Å². The molecule has 1 rings (SSSR count). The van der Waals surface area contributed by atoms with Crippen LogP contribution in [0.25, 0.3) is 0 Å². The summed E-state index contributed by atoms with van der Waals surface area (Å²) in [5, 5.41) is 10.5. The summed E-state index contributed by atoms with van der Waals surface area (Å²) < 4.78 is 0. The third-order valence-corrected chi connectivity index (χ3v) is 2.95. The third-order valence-electron chi connectivity index (χ3n) is 1.84. The zero-order chi connectivity index (χ0) is 12.0. The van der Waals surface area contributed by atoms with Crippen LogP contribution in [-0.2, 0) is 9.59 Å². The fourth-order valence-corrected chi connectivity index (χ4v) is 1.98. The lowest BCUT2D eigenvalue weighted by Crippen LogP contribution is -2.34. The van der Waals surface area contributed by atoms with Crippen LogP contribution in [0.3, 0.4) is 0 Å². The SMILES string of the molecule is CC(Sc1ccccc1)C(=O)NCC(=O)O. The fraction of sp³-hybridized carbons (Fsp3) is 0.273. The zero-order valence-corrected chi connectivity index (χ0v) is 9.66. The number of benzene rings is 1. The number of carbonyl (C=O) groups excluding carboxylic acids is 1. The number of amides is 1. The molecule has 86 valence electrons. The van der Waals surface area contributed by atoms with Crippen LogP contribution in [0.5, 0.6) is 0 Å². The number of carboxylic acid groups (broad SMARTS) is 1. The van der Waals surface area contributed by atoms with Crippen LogP contribution in [0, 0.1) is 0 Å². The van der Waals surface area contributed by atoms with E-state index in [0.717, 1.165) is 4.90 Å². The minimum absolute atomic E-state index is 0.267. The van der Waals surface area contributed by atoms with Crippen LogP contribution in [0.15, 0.2) is 35.2 Å². The minimum Gasteiger partial charge on any atom is -0.480 e. The lowest BCUT2D eigenvalue weighted by atomic mass is 10.4. The monoisotopic (exact) mass is 239 g/mol. The summed E-state index contributed by atoms with van der Waals surface area (Å²) in [6, 6.07) is 9.50. The molecule has 1 unspecified atom stereocenters. The molecule has 5 heteroatoms. The van der Waals surface area contributed by atoms with Gasteiger partial charge in [0, 0.05) is 4.90 Å². The largest absolute Gasteiger partial charge is 0.480 e. The summed E-state index contributed by atoms with van der Waals surface area (Å²) in [4.78, 5) is 22.7. The van der Waals surface area contributed by atoms with Gasteiger partial charge in [-0.05, 0) is 19.1 Å². The van der Waals surface area contributed by atoms with E-state index in [1.807, 2.05) is 30.3 Å². The first-order chi connectivity index (χ1) is 7.59. The number of carboxylic acids is 1. The maximum atomic E-state index is 11.5. The molecule has 0 fully saturated rings. The maximum Gasteiger partial charge on any atom is 0.322 e. The number of aliphatic carboxylic acids is 1. The summed E-state index contributed by atoms with van der Waals surface area (Å²) in [7, 11) is 0. The Morgan fingerprint density at radius 1 is 1.38 bits per heavy atom. The van der Waals surface area contributed by atoms with Crippen molar-refractivity contribution in [2.24, 2.45) is 0 Å². The fourth-order valence-electron chi connectivity index (χ4n) is 1.06. The van der Waals surface area contributed by atoms with Gasteiger partial charge in [0.15, 0.2) is 0 Å². The van der Waals surface area contributed by atoms with E-state index in [1.165, 1.54) is 11.8 Å². The van der Waals surface area contributed by atoms with E-state index in [4.69, 9.17) is 5.11 Å². The Morgan fingerprint density at radius 3 is 2.56 bits per heavy atom. The van der Waals surface area contributed by atoms with Gasteiger partial charge in [-0.25, -0.2) is 0 Å². The van der Waals surface area contributed by atoms with Gasteiger partial charge in [-0.3, -0.25) is 9.59 Å². The van der Waals surface area contributed by atoms with Crippen molar-refractivity contribution >= 4 is 23.6 Å². The number of hydrogen-bond donors (Lipinski definition) is 2. The number of nitrogens with one attached hydrogen (secondary N) is 1. The quantitative estimate of drug-likeness (QED) is 0.762. The van der Waals surface area contributed by atoms with E-state index in [2.05, 4.69) is 5.32 Å². The average Bonchev–Trinajstić information content (AvgIpc) is 2.27. The lowest BCUT2D eigenvalue weighted by molar-refractivity contribution is -0.137. The predicted octanol–water partition coefficient (Wildman–Crippen LogP) is 1.37. The molecule has 0 saturated heterocycles. The molecule has 0 aliphatic carbocycles. The van der Waals surface area contributed by atoms with Crippen molar-refractivity contribution in [1.29, 1.82) is 0 Å². The molecule has 0 heterocycles. The van der Waals surface area contributed by atoms with Crippen molar-refractivity contribution < 1.29 is 14.7 Å². The van der Waals surface area contributed by atoms with Crippen LogP contribution >= 0.6 is 11.8 Å². The first-order valence-electron chi connectivity index (χ1n) is 4.81. The molecule has 0 bridgehead atoms. The summed E-state index contributed by atoms with van der Waals surface area (Å²) in [6.45, 7) is 1.41. The number of hydrogen-bond acceptors (Lipinski definition) is 3. The molecule has 1 atom stereocenters. The van der Waals surface area contributed by atoms with Gasteiger partial charge in [-0.15, -0.1) is 11.8 Å². The van der Waals surface area contributed by atoms with Crippen LogP contribution in [0.4, 0.5) is 0 Å². The zero-order valence-electron chi connectivity index (χ0n) is 8.84. The molecule has 16 heavy (non-hydrogen) atoms. The highest BCUT2D eigenvalue weighted by Crippen LogP contribution is 2.22. The summed E-state index contributed by atoms with van der Waals surface area (Å²) in [5.74, 6) is -1.30. The van der Waals surface area contributed by atoms with E-state index in [9.17, 15) is 9.59 Å². The van der Waals surface area contributed by atoms with Crippen LogP contribution in [0.2, 0.25) is 0 Å². The van der Waals surface area contributed by atoms with Crippen molar-refractivity contribution in [2.45, 2.75) is 17.1 Å². The molecule has 0 aliphatic rings. The number of rotatable bonds is 5. The Kier molecular flexibility index (Phi) is 4.85. The second-order valence-electron chi connectivity index (χ2n) is 3.18. The predicted molar refractivity (Wildman–Crippen MR) is 62.4 cm³/mol. The van der Waals surface area contributed by atoms with Gasteiger partial charge in [0.05, 0.1) is 5.25 Å². The molecule has 0 aromatic heterocycles. The van der Waals surface area contributed by atoms with Gasteiger partial charge in [0.2, 0.25) is 5.91 Å². The molecule has 4 nitrogen and oxygen atoms in total. The Balaban J connectivity index is 2.43. The number of carbonyl (C=O) groups is 2. The van der Waals surface area contributed by atoms with Gasteiger partial charge < -0.3 is 10.4 Å². The molecule has 0 saturated carbocycles. The number of thioether (sulfide) groups is 1. The van der Waals surface area contributed by atoms with Crippen LogP contribution < -0.4 is 5.32 Å². The minimum atomic E-state index is -1.04. The van der Waals surface area contributed by atoms with Gasteiger partial charge >= 0.3 is 5.97 Å². The van der Waals surface area contributed by atoms with Gasteiger partial charge in [-0.2, -0.15) is 0 Å². The lowest BCUT2D eigenvalue weighted by Gasteiger charge is -2.10. The Morgan fingerprint density at radius 2 is 2.00 bits per heavy atom. The topological polar surface area (TPSA) is 66.4 Å². The van der Waals surface area contributed by atoms with E-state index in [1.54, 1.807) is 6.92 Å². The highest BCUT2D eigenvalue weighted by molar-refractivity contribution is 8.00. The Hall–Kier alpha value is -1.49. The Bertz CT molecular complexity index is 367. The van der Waals surface area contributed by atoms with E-state index < -0.39 is 5.97 Å². The average molecular weight is 239 g/mol. The van der Waals surface area contributed by atoms with Gasteiger partial charge in [0.1, 0.15) is 6.54 Å². The van der Waals surface area contributed by atoms with Gasteiger partial charge in [0.25, 0.3) is 0 Å². The molecule has 1 aromatic rings. The summed E-state index contributed by atoms with van der Waals surface area (Å²) in [5.41, 5.74) is 0. The molecule has 0 aliphatic heterocycles.